The van der Waals surface area contributed by atoms with E-state index in [1.807, 2.05) is 0 Å². The molecule has 0 unspecified atom stereocenters. The standard InChI is InChI=1S/C12H18BrN/c1-8-5-9(7-10(13)6-8)11(14)12(2,3)4/h5-7,11H,14H2,1-4H3/t11-/m0/s1. The molecule has 78 valence electrons. The molecular weight excluding hydrogens is 238 g/mol. The fraction of sp³-hybridized carbons (Fsp3) is 0.500. The van der Waals surface area contributed by atoms with Gasteiger partial charge in [0.15, 0.2) is 0 Å². The Labute approximate surface area is 94.8 Å². The van der Waals surface area contributed by atoms with Gasteiger partial charge in [0.25, 0.3) is 0 Å². The number of aryl methyl sites for hydroxylation is 1. The molecule has 0 amide bonds. The molecule has 0 radical (unpaired) electrons. The number of hydrogen-bond acceptors (Lipinski definition) is 1. The van der Waals surface area contributed by atoms with Crippen LogP contribution in [-0.2, 0) is 0 Å². The van der Waals surface area contributed by atoms with Crippen molar-refractivity contribution in [2.45, 2.75) is 33.7 Å². The third-order valence-corrected chi connectivity index (χ3v) is 2.81. The van der Waals surface area contributed by atoms with Gasteiger partial charge in [0.05, 0.1) is 0 Å². The second-order valence-electron chi connectivity index (χ2n) is 4.91. The predicted molar refractivity (Wildman–Crippen MR) is 65.3 cm³/mol. The zero-order valence-electron chi connectivity index (χ0n) is 9.26. The van der Waals surface area contributed by atoms with Gasteiger partial charge in [-0.25, -0.2) is 0 Å². The van der Waals surface area contributed by atoms with Gasteiger partial charge < -0.3 is 5.73 Å². The van der Waals surface area contributed by atoms with Crippen LogP contribution < -0.4 is 5.73 Å². The Morgan fingerprint density at radius 3 is 2.21 bits per heavy atom. The van der Waals surface area contributed by atoms with Crippen molar-refractivity contribution in [2.24, 2.45) is 11.1 Å². The molecule has 0 saturated carbocycles. The summed E-state index contributed by atoms with van der Waals surface area (Å²) in [5.74, 6) is 0. The van der Waals surface area contributed by atoms with Crippen LogP contribution in [0.25, 0.3) is 0 Å². The number of nitrogens with two attached hydrogens (primary N) is 1. The van der Waals surface area contributed by atoms with Gasteiger partial charge >= 0.3 is 0 Å². The number of benzene rings is 1. The maximum Gasteiger partial charge on any atom is 0.0344 e. The summed E-state index contributed by atoms with van der Waals surface area (Å²) >= 11 is 3.49. The maximum absolute atomic E-state index is 6.19. The van der Waals surface area contributed by atoms with Crippen molar-refractivity contribution in [3.05, 3.63) is 33.8 Å². The largest absolute Gasteiger partial charge is 0.324 e. The third kappa shape index (κ3) is 2.82. The van der Waals surface area contributed by atoms with Crippen molar-refractivity contribution in [2.75, 3.05) is 0 Å². The highest BCUT2D eigenvalue weighted by atomic mass is 79.9. The van der Waals surface area contributed by atoms with Gasteiger partial charge in [-0.2, -0.15) is 0 Å². The summed E-state index contributed by atoms with van der Waals surface area (Å²) in [6.07, 6.45) is 0. The fourth-order valence-electron chi connectivity index (χ4n) is 1.44. The molecule has 0 aliphatic rings. The van der Waals surface area contributed by atoms with Crippen LogP contribution in [-0.4, -0.2) is 0 Å². The molecule has 1 atom stereocenters. The normalized spacial score (nSPS) is 14.1. The Balaban J connectivity index is 3.07. The molecular formula is C12H18BrN. The zero-order chi connectivity index (χ0) is 10.9. The molecule has 0 heterocycles. The van der Waals surface area contributed by atoms with Gasteiger partial charge in [-0.1, -0.05) is 42.8 Å². The molecule has 0 aliphatic heterocycles. The van der Waals surface area contributed by atoms with Crippen LogP contribution in [0.4, 0.5) is 0 Å². The number of rotatable bonds is 1. The first-order valence-electron chi connectivity index (χ1n) is 4.83. The van der Waals surface area contributed by atoms with Crippen LogP contribution in [0.15, 0.2) is 22.7 Å². The highest BCUT2D eigenvalue weighted by Crippen LogP contribution is 2.32. The SMILES string of the molecule is Cc1cc(Br)cc([C@H](N)C(C)(C)C)c1. The Morgan fingerprint density at radius 1 is 1.21 bits per heavy atom. The van der Waals surface area contributed by atoms with Gasteiger partial charge in [0.2, 0.25) is 0 Å². The summed E-state index contributed by atoms with van der Waals surface area (Å²) in [5.41, 5.74) is 8.74. The third-order valence-electron chi connectivity index (χ3n) is 2.36. The van der Waals surface area contributed by atoms with Crippen molar-refractivity contribution in [1.82, 2.24) is 0 Å². The lowest BCUT2D eigenvalue weighted by molar-refractivity contribution is 0.327. The van der Waals surface area contributed by atoms with Crippen LogP contribution >= 0.6 is 15.9 Å². The van der Waals surface area contributed by atoms with E-state index in [1.54, 1.807) is 0 Å². The lowest BCUT2D eigenvalue weighted by atomic mass is 9.83. The van der Waals surface area contributed by atoms with E-state index in [4.69, 9.17) is 5.73 Å². The van der Waals surface area contributed by atoms with Gasteiger partial charge in [-0.3, -0.25) is 0 Å². The Kier molecular flexibility index (Phi) is 3.38. The minimum absolute atomic E-state index is 0.0821. The minimum Gasteiger partial charge on any atom is -0.324 e. The number of hydrogen-bond donors (Lipinski definition) is 1. The van der Waals surface area contributed by atoms with Crippen molar-refractivity contribution in [3.63, 3.8) is 0 Å². The first kappa shape index (κ1) is 11.7. The molecule has 14 heavy (non-hydrogen) atoms. The van der Waals surface area contributed by atoms with Crippen molar-refractivity contribution in [3.8, 4) is 0 Å². The van der Waals surface area contributed by atoms with Crippen LogP contribution in [0, 0.1) is 12.3 Å². The molecule has 0 bridgehead atoms. The molecule has 0 saturated heterocycles. The van der Waals surface area contributed by atoms with E-state index in [9.17, 15) is 0 Å². The average molecular weight is 256 g/mol. The average Bonchev–Trinajstić information content (AvgIpc) is 1.99. The summed E-state index contributed by atoms with van der Waals surface area (Å²) < 4.78 is 1.10. The van der Waals surface area contributed by atoms with Crippen LogP contribution in [0.1, 0.15) is 37.9 Å². The second-order valence-corrected chi connectivity index (χ2v) is 5.82. The van der Waals surface area contributed by atoms with E-state index >= 15 is 0 Å². The zero-order valence-corrected chi connectivity index (χ0v) is 10.9. The van der Waals surface area contributed by atoms with E-state index in [-0.39, 0.29) is 11.5 Å². The Morgan fingerprint density at radius 2 is 1.79 bits per heavy atom. The quantitative estimate of drug-likeness (QED) is 0.812. The molecule has 1 aromatic rings. The van der Waals surface area contributed by atoms with Crippen molar-refractivity contribution in [1.29, 1.82) is 0 Å². The second kappa shape index (κ2) is 4.03. The summed E-state index contributed by atoms with van der Waals surface area (Å²) in [5, 5.41) is 0. The fourth-order valence-corrected chi connectivity index (χ4v) is 2.07. The Hall–Kier alpha value is -0.340. The molecule has 1 aromatic carbocycles. The summed E-state index contributed by atoms with van der Waals surface area (Å²) in [6, 6.07) is 6.43. The van der Waals surface area contributed by atoms with E-state index in [0.717, 1.165) is 4.47 Å². The first-order valence-corrected chi connectivity index (χ1v) is 5.62. The molecule has 1 nitrogen and oxygen atoms in total. The molecule has 1 rings (SSSR count). The van der Waals surface area contributed by atoms with Crippen LogP contribution in [0.5, 0.6) is 0 Å². The number of halogens is 1. The minimum atomic E-state index is 0.0821. The lowest BCUT2D eigenvalue weighted by Gasteiger charge is -2.27. The predicted octanol–water partition coefficient (Wildman–Crippen LogP) is 3.80. The van der Waals surface area contributed by atoms with Crippen LogP contribution in [0.3, 0.4) is 0 Å². The topological polar surface area (TPSA) is 26.0 Å². The van der Waals surface area contributed by atoms with Gasteiger partial charge in [0, 0.05) is 10.5 Å². The summed E-state index contributed by atoms with van der Waals surface area (Å²) in [6.45, 7) is 8.57. The van der Waals surface area contributed by atoms with E-state index < -0.39 is 0 Å². The van der Waals surface area contributed by atoms with Gasteiger partial charge in [-0.15, -0.1) is 0 Å². The molecule has 0 fully saturated rings. The van der Waals surface area contributed by atoms with Gasteiger partial charge in [-0.05, 0) is 35.6 Å². The van der Waals surface area contributed by atoms with E-state index in [2.05, 4.69) is 61.8 Å². The molecule has 0 aromatic heterocycles. The van der Waals surface area contributed by atoms with Gasteiger partial charge in [0.1, 0.15) is 0 Å². The molecule has 0 spiro atoms. The van der Waals surface area contributed by atoms with Crippen molar-refractivity contribution < 1.29 is 0 Å². The monoisotopic (exact) mass is 255 g/mol. The molecule has 0 aliphatic carbocycles. The molecule has 2 heteroatoms. The Bertz CT molecular complexity index is 305. The van der Waals surface area contributed by atoms with E-state index in [1.165, 1.54) is 11.1 Å². The van der Waals surface area contributed by atoms with Crippen molar-refractivity contribution >= 4 is 15.9 Å². The highest BCUT2D eigenvalue weighted by molar-refractivity contribution is 9.10. The maximum atomic E-state index is 6.19. The lowest BCUT2D eigenvalue weighted by Crippen LogP contribution is -2.26. The summed E-state index contributed by atoms with van der Waals surface area (Å²) in [4.78, 5) is 0. The van der Waals surface area contributed by atoms with E-state index in [0.29, 0.717) is 0 Å². The summed E-state index contributed by atoms with van der Waals surface area (Å²) in [7, 11) is 0. The highest BCUT2D eigenvalue weighted by Gasteiger charge is 2.22. The van der Waals surface area contributed by atoms with Crippen LogP contribution in [0.2, 0.25) is 0 Å². The molecule has 2 N–H and O–H groups in total. The first-order chi connectivity index (χ1) is 6.30. The smallest absolute Gasteiger partial charge is 0.0344 e.